The van der Waals surface area contributed by atoms with E-state index in [0.29, 0.717) is 6.92 Å². The molecule has 1 atom stereocenters. The van der Waals surface area contributed by atoms with Crippen LogP contribution in [-0.4, -0.2) is 41.6 Å². The minimum atomic E-state index is -4.86. The third-order valence-electron chi connectivity index (χ3n) is 2.17. The van der Waals surface area contributed by atoms with E-state index in [-0.39, 0.29) is 11.2 Å². The molecule has 100 valence electrons. The Hall–Kier alpha value is -1.27. The lowest BCUT2D eigenvalue weighted by Crippen LogP contribution is -2.59. The zero-order chi connectivity index (χ0) is 14.1. The first-order chi connectivity index (χ1) is 7.35. The van der Waals surface area contributed by atoms with Gasteiger partial charge in [-0.25, -0.2) is 4.79 Å². The number of carbonyl (C=O) groups is 2. The third-order valence-corrected chi connectivity index (χ3v) is 2.17. The number of hydrogen-bond donors (Lipinski definition) is 0. The molecule has 0 aliphatic heterocycles. The zero-order valence-corrected chi connectivity index (χ0v) is 10.4. The molecule has 0 aromatic rings. The molecular weight excluding hydrogens is 239 g/mol. The summed E-state index contributed by atoms with van der Waals surface area (Å²) >= 11 is 0. The Morgan fingerprint density at radius 3 is 1.82 bits per heavy atom. The van der Waals surface area contributed by atoms with Crippen LogP contribution in [0.5, 0.6) is 0 Å². The molecule has 0 saturated carbocycles. The zero-order valence-electron chi connectivity index (χ0n) is 10.4. The standard InChI is InChI=1S/C10H16F3NO3/c1-8(2,3)17-7(16)14(5)9(4,6-15)10(11,12)13/h6H,1-5H3. The van der Waals surface area contributed by atoms with Crippen molar-refractivity contribution < 1.29 is 27.5 Å². The highest BCUT2D eigenvalue weighted by Crippen LogP contribution is 2.33. The van der Waals surface area contributed by atoms with Crippen molar-refractivity contribution >= 4 is 12.4 Å². The number of ether oxygens (including phenoxy) is 1. The second-order valence-corrected chi connectivity index (χ2v) is 4.80. The molecule has 1 amide bonds. The van der Waals surface area contributed by atoms with Crippen molar-refractivity contribution in [1.82, 2.24) is 4.90 Å². The summed E-state index contributed by atoms with van der Waals surface area (Å²) in [4.78, 5) is 22.3. The summed E-state index contributed by atoms with van der Waals surface area (Å²) in [6, 6.07) is 0. The van der Waals surface area contributed by atoms with Crippen LogP contribution in [0.4, 0.5) is 18.0 Å². The summed E-state index contributed by atoms with van der Waals surface area (Å²) in [6.45, 7) is 5.17. The predicted molar refractivity (Wildman–Crippen MR) is 54.5 cm³/mol. The fourth-order valence-electron chi connectivity index (χ4n) is 0.856. The monoisotopic (exact) mass is 255 g/mol. The number of halogens is 3. The van der Waals surface area contributed by atoms with E-state index in [4.69, 9.17) is 4.74 Å². The van der Waals surface area contributed by atoms with Crippen molar-refractivity contribution in [1.29, 1.82) is 0 Å². The first kappa shape index (κ1) is 15.7. The summed E-state index contributed by atoms with van der Waals surface area (Å²) in [5.74, 6) is 0. The quantitative estimate of drug-likeness (QED) is 0.712. The van der Waals surface area contributed by atoms with Gasteiger partial charge in [-0.2, -0.15) is 13.2 Å². The topological polar surface area (TPSA) is 46.6 Å². The lowest BCUT2D eigenvalue weighted by atomic mass is 10.0. The third kappa shape index (κ3) is 3.61. The van der Waals surface area contributed by atoms with Crippen molar-refractivity contribution in [3.05, 3.63) is 0 Å². The van der Waals surface area contributed by atoms with Crippen molar-refractivity contribution in [2.45, 2.75) is 45.0 Å². The van der Waals surface area contributed by atoms with Crippen molar-refractivity contribution in [3.63, 3.8) is 0 Å². The van der Waals surface area contributed by atoms with Crippen LogP contribution >= 0.6 is 0 Å². The van der Waals surface area contributed by atoms with Crippen LogP contribution < -0.4 is 0 Å². The van der Waals surface area contributed by atoms with E-state index in [1.165, 1.54) is 20.8 Å². The molecule has 17 heavy (non-hydrogen) atoms. The van der Waals surface area contributed by atoms with Gasteiger partial charge in [-0.3, -0.25) is 4.90 Å². The number of amides is 1. The van der Waals surface area contributed by atoms with Gasteiger partial charge in [-0.05, 0) is 27.7 Å². The van der Waals surface area contributed by atoms with E-state index in [9.17, 15) is 22.8 Å². The van der Waals surface area contributed by atoms with Crippen LogP contribution in [0.1, 0.15) is 27.7 Å². The predicted octanol–water partition coefficient (Wildman–Crippen LogP) is 2.37. The average Bonchev–Trinajstić information content (AvgIpc) is 2.10. The van der Waals surface area contributed by atoms with Crippen LogP contribution in [0.15, 0.2) is 0 Å². The smallest absolute Gasteiger partial charge is 0.418 e. The normalized spacial score (nSPS) is 16.0. The van der Waals surface area contributed by atoms with E-state index in [0.717, 1.165) is 7.05 Å². The number of aldehydes is 1. The Kier molecular flexibility index (Phi) is 4.20. The SMILES string of the molecule is CN(C(=O)OC(C)(C)C)C(C)(C=O)C(F)(F)F. The molecule has 0 saturated heterocycles. The van der Waals surface area contributed by atoms with Crippen LogP contribution in [0.3, 0.4) is 0 Å². The minimum Gasteiger partial charge on any atom is -0.444 e. The molecule has 0 fully saturated rings. The van der Waals surface area contributed by atoms with Gasteiger partial charge >= 0.3 is 12.3 Å². The van der Waals surface area contributed by atoms with Crippen LogP contribution in [0.2, 0.25) is 0 Å². The molecule has 0 aliphatic rings. The fraction of sp³-hybridized carbons (Fsp3) is 0.800. The largest absolute Gasteiger partial charge is 0.444 e. The molecule has 0 N–H and O–H groups in total. The van der Waals surface area contributed by atoms with Gasteiger partial charge in [0.1, 0.15) is 5.60 Å². The Labute approximate surface area is 97.7 Å². The molecule has 0 spiro atoms. The maximum atomic E-state index is 12.7. The second-order valence-electron chi connectivity index (χ2n) is 4.80. The molecule has 4 nitrogen and oxygen atoms in total. The molecular formula is C10H16F3NO3. The molecule has 1 unspecified atom stereocenters. The summed E-state index contributed by atoms with van der Waals surface area (Å²) in [7, 11) is 0.871. The maximum Gasteiger partial charge on any atom is 0.418 e. The average molecular weight is 255 g/mol. The first-order valence-electron chi connectivity index (χ1n) is 4.85. The van der Waals surface area contributed by atoms with Crippen molar-refractivity contribution in [2.75, 3.05) is 7.05 Å². The summed E-state index contributed by atoms with van der Waals surface area (Å²) in [5, 5.41) is 0. The van der Waals surface area contributed by atoms with Crippen LogP contribution in [0.25, 0.3) is 0 Å². The molecule has 0 radical (unpaired) electrons. The Bertz CT molecular complexity index is 309. The Morgan fingerprint density at radius 2 is 1.59 bits per heavy atom. The number of rotatable bonds is 2. The van der Waals surface area contributed by atoms with Gasteiger partial charge in [0.15, 0.2) is 11.8 Å². The number of carbonyl (C=O) groups excluding carboxylic acids is 2. The van der Waals surface area contributed by atoms with Crippen molar-refractivity contribution in [2.24, 2.45) is 0 Å². The second kappa shape index (κ2) is 4.54. The lowest BCUT2D eigenvalue weighted by molar-refractivity contribution is -0.209. The first-order valence-corrected chi connectivity index (χ1v) is 4.85. The van der Waals surface area contributed by atoms with E-state index < -0.39 is 23.4 Å². The van der Waals surface area contributed by atoms with Gasteiger partial charge in [0.25, 0.3) is 0 Å². The summed E-state index contributed by atoms with van der Waals surface area (Å²) in [6.07, 6.45) is -6.39. The van der Waals surface area contributed by atoms with E-state index >= 15 is 0 Å². The summed E-state index contributed by atoms with van der Waals surface area (Å²) in [5.41, 5.74) is -3.82. The van der Waals surface area contributed by atoms with Crippen LogP contribution in [-0.2, 0) is 9.53 Å². The van der Waals surface area contributed by atoms with Gasteiger partial charge in [-0.15, -0.1) is 0 Å². The highest BCUT2D eigenvalue weighted by molar-refractivity contribution is 5.77. The molecule has 0 aromatic heterocycles. The lowest BCUT2D eigenvalue weighted by Gasteiger charge is -2.36. The fourth-order valence-corrected chi connectivity index (χ4v) is 0.856. The number of hydrogen-bond acceptors (Lipinski definition) is 3. The van der Waals surface area contributed by atoms with E-state index in [2.05, 4.69) is 0 Å². The molecule has 0 bridgehead atoms. The van der Waals surface area contributed by atoms with Gasteiger partial charge in [-0.1, -0.05) is 0 Å². The number of alkyl halides is 3. The van der Waals surface area contributed by atoms with E-state index in [1.807, 2.05) is 0 Å². The van der Waals surface area contributed by atoms with Gasteiger partial charge in [0.2, 0.25) is 0 Å². The van der Waals surface area contributed by atoms with E-state index in [1.54, 1.807) is 0 Å². The van der Waals surface area contributed by atoms with Crippen LogP contribution in [0, 0.1) is 0 Å². The number of likely N-dealkylation sites (N-methyl/N-ethyl adjacent to an activating group) is 1. The number of nitrogens with zero attached hydrogens (tertiary/aromatic N) is 1. The highest BCUT2D eigenvalue weighted by atomic mass is 19.4. The molecule has 0 aromatic carbocycles. The van der Waals surface area contributed by atoms with Gasteiger partial charge in [0.05, 0.1) is 0 Å². The minimum absolute atomic E-state index is 0.241. The maximum absolute atomic E-state index is 12.7. The summed E-state index contributed by atoms with van der Waals surface area (Å²) < 4.78 is 42.8. The van der Waals surface area contributed by atoms with Gasteiger partial charge < -0.3 is 9.53 Å². The molecule has 0 aliphatic carbocycles. The molecule has 0 rings (SSSR count). The van der Waals surface area contributed by atoms with Crippen molar-refractivity contribution in [3.8, 4) is 0 Å². The molecule has 0 heterocycles. The van der Waals surface area contributed by atoms with Gasteiger partial charge in [0, 0.05) is 7.05 Å². The Balaban J connectivity index is 5.08. The Morgan fingerprint density at radius 1 is 1.18 bits per heavy atom. The highest BCUT2D eigenvalue weighted by Gasteiger charge is 2.56. The molecule has 7 heteroatoms.